The third-order valence-corrected chi connectivity index (χ3v) is 5.84. The van der Waals surface area contributed by atoms with Crippen LogP contribution in [-0.4, -0.2) is 65.4 Å². The largest absolute Gasteiger partial charge is 0.334 e. The normalized spacial score (nSPS) is 19.6. The second kappa shape index (κ2) is 6.98. The molecule has 0 bridgehead atoms. The predicted molar refractivity (Wildman–Crippen MR) is 94.9 cm³/mol. The molecule has 1 atom stereocenters. The fourth-order valence-electron chi connectivity index (χ4n) is 2.82. The van der Waals surface area contributed by atoms with Crippen molar-refractivity contribution >= 4 is 39.2 Å². The Morgan fingerprint density at radius 2 is 2.32 bits per heavy atom. The summed E-state index contributed by atoms with van der Waals surface area (Å²) in [6.45, 7) is 1.77. The van der Waals surface area contributed by atoms with Gasteiger partial charge in [0.25, 0.3) is 5.91 Å². The molecule has 0 saturated carbocycles. The molecule has 2 aromatic rings. The second-order valence-corrected chi connectivity index (χ2v) is 7.91. The van der Waals surface area contributed by atoms with Crippen molar-refractivity contribution in [1.29, 1.82) is 0 Å². The van der Waals surface area contributed by atoms with Gasteiger partial charge in [-0.1, -0.05) is 0 Å². The molecule has 0 spiro atoms. The summed E-state index contributed by atoms with van der Waals surface area (Å²) < 4.78 is 1.08. The molecule has 1 aliphatic rings. The van der Waals surface area contributed by atoms with Gasteiger partial charge in [0.1, 0.15) is 0 Å². The SMILES string of the molecule is CN(C)C[C@H]1CSCCCN1C(=O)c1ccc2ncsc2c1. The van der Waals surface area contributed by atoms with E-state index >= 15 is 0 Å². The van der Waals surface area contributed by atoms with Crippen LogP contribution in [0.4, 0.5) is 0 Å². The molecule has 1 aromatic carbocycles. The molecule has 2 heterocycles. The zero-order chi connectivity index (χ0) is 15.5. The Morgan fingerprint density at radius 3 is 3.14 bits per heavy atom. The Morgan fingerprint density at radius 1 is 1.45 bits per heavy atom. The molecule has 0 N–H and O–H groups in total. The van der Waals surface area contributed by atoms with Crippen LogP contribution in [0.5, 0.6) is 0 Å². The Balaban J connectivity index is 1.86. The first-order valence-corrected chi connectivity index (χ1v) is 9.55. The summed E-state index contributed by atoms with van der Waals surface area (Å²) in [5.74, 6) is 2.32. The highest BCUT2D eigenvalue weighted by Crippen LogP contribution is 2.23. The lowest BCUT2D eigenvalue weighted by molar-refractivity contribution is 0.0676. The number of carbonyl (C=O) groups is 1. The molecule has 0 unspecified atom stereocenters. The van der Waals surface area contributed by atoms with Crippen molar-refractivity contribution in [2.45, 2.75) is 12.5 Å². The maximum Gasteiger partial charge on any atom is 0.254 e. The third kappa shape index (κ3) is 3.45. The number of fused-ring (bicyclic) bond motifs is 1. The third-order valence-electron chi connectivity index (χ3n) is 3.85. The summed E-state index contributed by atoms with van der Waals surface area (Å²) in [6, 6.07) is 6.13. The van der Waals surface area contributed by atoms with Crippen LogP contribution >= 0.6 is 23.1 Å². The molecule has 4 nitrogen and oxygen atoms in total. The van der Waals surface area contributed by atoms with Gasteiger partial charge in [-0.15, -0.1) is 11.3 Å². The number of rotatable bonds is 3. The molecule has 1 aliphatic heterocycles. The van der Waals surface area contributed by atoms with Crippen LogP contribution in [0, 0.1) is 0 Å². The lowest BCUT2D eigenvalue weighted by Gasteiger charge is -2.31. The number of hydrogen-bond acceptors (Lipinski definition) is 5. The van der Waals surface area contributed by atoms with Gasteiger partial charge in [0.2, 0.25) is 0 Å². The molecule has 0 radical (unpaired) electrons. The van der Waals surface area contributed by atoms with E-state index in [4.69, 9.17) is 0 Å². The Hall–Kier alpha value is -1.11. The van der Waals surface area contributed by atoms with Crippen LogP contribution in [0.25, 0.3) is 10.2 Å². The maximum atomic E-state index is 13.0. The van der Waals surface area contributed by atoms with Crippen molar-refractivity contribution in [1.82, 2.24) is 14.8 Å². The number of amides is 1. The van der Waals surface area contributed by atoms with E-state index in [9.17, 15) is 4.79 Å². The van der Waals surface area contributed by atoms with Crippen molar-refractivity contribution in [2.75, 3.05) is 38.7 Å². The van der Waals surface area contributed by atoms with Gasteiger partial charge in [0, 0.05) is 24.4 Å². The van der Waals surface area contributed by atoms with Gasteiger partial charge in [-0.3, -0.25) is 4.79 Å². The highest BCUT2D eigenvalue weighted by molar-refractivity contribution is 7.99. The molecule has 6 heteroatoms. The lowest BCUT2D eigenvalue weighted by atomic mass is 10.1. The number of nitrogens with zero attached hydrogens (tertiary/aromatic N) is 3. The molecule has 3 rings (SSSR count). The van der Waals surface area contributed by atoms with E-state index < -0.39 is 0 Å². The van der Waals surface area contributed by atoms with Crippen molar-refractivity contribution in [3.63, 3.8) is 0 Å². The molecular formula is C16H21N3OS2. The van der Waals surface area contributed by atoms with E-state index in [2.05, 4.69) is 28.9 Å². The molecule has 1 saturated heterocycles. The van der Waals surface area contributed by atoms with E-state index in [-0.39, 0.29) is 11.9 Å². The highest BCUT2D eigenvalue weighted by atomic mass is 32.2. The van der Waals surface area contributed by atoms with Gasteiger partial charge >= 0.3 is 0 Å². The smallest absolute Gasteiger partial charge is 0.254 e. The Kier molecular flexibility index (Phi) is 5.00. The summed E-state index contributed by atoms with van der Waals surface area (Å²) in [7, 11) is 4.14. The number of thiazole rings is 1. The van der Waals surface area contributed by atoms with Crippen molar-refractivity contribution < 1.29 is 4.79 Å². The van der Waals surface area contributed by atoms with Crippen molar-refractivity contribution in [2.24, 2.45) is 0 Å². The summed E-state index contributed by atoms with van der Waals surface area (Å²) in [5, 5.41) is 0. The van der Waals surface area contributed by atoms with Gasteiger partial charge in [0.15, 0.2) is 0 Å². The first-order chi connectivity index (χ1) is 10.6. The summed E-state index contributed by atoms with van der Waals surface area (Å²) in [4.78, 5) is 21.5. The van der Waals surface area contributed by atoms with Gasteiger partial charge in [0.05, 0.1) is 21.8 Å². The fourth-order valence-corrected chi connectivity index (χ4v) is 4.60. The van der Waals surface area contributed by atoms with Gasteiger partial charge in [-0.25, -0.2) is 4.98 Å². The highest BCUT2D eigenvalue weighted by Gasteiger charge is 2.27. The molecule has 0 aliphatic carbocycles. The Bertz CT molecular complexity index is 656. The van der Waals surface area contributed by atoms with Gasteiger partial charge in [-0.05, 0) is 44.5 Å². The van der Waals surface area contributed by atoms with Crippen LogP contribution in [-0.2, 0) is 0 Å². The first kappa shape index (κ1) is 15.8. The summed E-state index contributed by atoms with van der Waals surface area (Å²) in [6.07, 6.45) is 1.07. The van der Waals surface area contributed by atoms with Crippen LogP contribution < -0.4 is 0 Å². The molecule has 1 amide bonds. The first-order valence-electron chi connectivity index (χ1n) is 7.52. The van der Waals surface area contributed by atoms with Crippen LogP contribution in [0.3, 0.4) is 0 Å². The van der Waals surface area contributed by atoms with Crippen molar-refractivity contribution in [3.05, 3.63) is 29.3 Å². The monoisotopic (exact) mass is 335 g/mol. The van der Waals surface area contributed by atoms with E-state index in [1.807, 2.05) is 35.5 Å². The standard InChI is InChI=1S/C16H21N3OS2/c1-18(2)9-13-10-21-7-3-6-19(13)16(20)12-4-5-14-15(8-12)22-11-17-14/h4-5,8,11,13H,3,6-7,9-10H2,1-2H3/t13-/m0/s1. The zero-order valence-corrected chi connectivity index (χ0v) is 14.6. The maximum absolute atomic E-state index is 13.0. The zero-order valence-electron chi connectivity index (χ0n) is 13.0. The number of hydrogen-bond donors (Lipinski definition) is 0. The predicted octanol–water partition coefficient (Wildman–Crippen LogP) is 2.81. The minimum absolute atomic E-state index is 0.157. The quantitative estimate of drug-likeness (QED) is 0.864. The minimum Gasteiger partial charge on any atom is -0.334 e. The average Bonchev–Trinajstić information content (AvgIpc) is 2.85. The molecule has 118 valence electrons. The van der Waals surface area contributed by atoms with Gasteiger partial charge < -0.3 is 9.80 Å². The van der Waals surface area contributed by atoms with Crippen LogP contribution in [0.2, 0.25) is 0 Å². The topological polar surface area (TPSA) is 36.4 Å². The molecule has 1 aromatic heterocycles. The summed E-state index contributed by atoms with van der Waals surface area (Å²) in [5.41, 5.74) is 3.58. The summed E-state index contributed by atoms with van der Waals surface area (Å²) >= 11 is 3.54. The van der Waals surface area contributed by atoms with E-state index in [0.29, 0.717) is 0 Å². The number of benzene rings is 1. The minimum atomic E-state index is 0.157. The fraction of sp³-hybridized carbons (Fsp3) is 0.500. The number of likely N-dealkylation sites (N-methyl/N-ethyl adjacent to an activating group) is 1. The lowest BCUT2D eigenvalue weighted by Crippen LogP contribution is -2.46. The molecule has 22 heavy (non-hydrogen) atoms. The van der Waals surface area contributed by atoms with E-state index in [0.717, 1.165) is 46.8 Å². The number of aromatic nitrogens is 1. The number of carbonyl (C=O) groups excluding carboxylic acids is 1. The van der Waals surface area contributed by atoms with Crippen LogP contribution in [0.1, 0.15) is 16.8 Å². The van der Waals surface area contributed by atoms with Crippen LogP contribution in [0.15, 0.2) is 23.7 Å². The van der Waals surface area contributed by atoms with Crippen molar-refractivity contribution in [3.8, 4) is 0 Å². The second-order valence-electron chi connectivity index (χ2n) is 5.88. The molecule has 1 fully saturated rings. The number of thioether (sulfide) groups is 1. The Labute approximate surface area is 139 Å². The average molecular weight is 335 g/mol. The van der Waals surface area contributed by atoms with Gasteiger partial charge in [-0.2, -0.15) is 11.8 Å². The molecular weight excluding hydrogens is 314 g/mol. The van der Waals surface area contributed by atoms with E-state index in [1.54, 1.807) is 11.3 Å². The van der Waals surface area contributed by atoms with E-state index in [1.165, 1.54) is 0 Å².